The van der Waals surface area contributed by atoms with Gasteiger partial charge in [0.05, 0.1) is 18.3 Å². The number of para-hydroxylation sites is 2. The summed E-state index contributed by atoms with van der Waals surface area (Å²) in [5, 5.41) is 3.05. The van der Waals surface area contributed by atoms with Crippen molar-refractivity contribution in [1.29, 1.82) is 0 Å². The molecule has 1 saturated carbocycles. The molecule has 0 spiro atoms. The Morgan fingerprint density at radius 1 is 1.28 bits per heavy atom. The Balaban J connectivity index is 1.48. The van der Waals surface area contributed by atoms with Gasteiger partial charge in [-0.1, -0.05) is 12.1 Å². The van der Waals surface area contributed by atoms with E-state index in [-0.39, 0.29) is 18.1 Å². The van der Waals surface area contributed by atoms with E-state index in [1.807, 2.05) is 40.7 Å². The zero-order valence-corrected chi connectivity index (χ0v) is 14.8. The largest absolute Gasteiger partial charge is 0.487 e. The van der Waals surface area contributed by atoms with Crippen LogP contribution in [0.5, 0.6) is 5.75 Å². The zero-order chi connectivity index (χ0) is 16.8. The van der Waals surface area contributed by atoms with E-state index in [0.29, 0.717) is 5.92 Å². The summed E-state index contributed by atoms with van der Waals surface area (Å²) in [6.07, 6.45) is 5.11. The Morgan fingerprint density at radius 2 is 2.16 bits per heavy atom. The SMILES string of the molecule is O=C1[C@@H]2C[C@@H](CN2Cc2nccs2)Oc2ccccc2N1CC1CC1. The van der Waals surface area contributed by atoms with E-state index in [1.165, 1.54) is 12.8 Å². The van der Waals surface area contributed by atoms with Crippen LogP contribution in [0.2, 0.25) is 0 Å². The van der Waals surface area contributed by atoms with Crippen molar-refractivity contribution in [1.82, 2.24) is 9.88 Å². The molecule has 5 rings (SSSR count). The molecule has 1 amide bonds. The van der Waals surface area contributed by atoms with Gasteiger partial charge < -0.3 is 9.64 Å². The monoisotopic (exact) mass is 355 g/mol. The summed E-state index contributed by atoms with van der Waals surface area (Å²) in [6, 6.07) is 7.88. The Bertz CT molecular complexity index is 775. The van der Waals surface area contributed by atoms with Gasteiger partial charge in [-0.3, -0.25) is 9.69 Å². The molecule has 130 valence electrons. The maximum Gasteiger partial charge on any atom is 0.244 e. The third kappa shape index (κ3) is 2.93. The maximum absolute atomic E-state index is 13.4. The third-order valence-corrected chi connectivity index (χ3v) is 6.09. The average molecular weight is 355 g/mol. The summed E-state index contributed by atoms with van der Waals surface area (Å²) in [5.74, 6) is 1.71. The maximum atomic E-state index is 13.4. The number of carbonyl (C=O) groups is 1. The van der Waals surface area contributed by atoms with Crippen LogP contribution in [-0.4, -0.2) is 41.0 Å². The van der Waals surface area contributed by atoms with Crippen LogP contribution in [0.25, 0.3) is 0 Å². The lowest BCUT2D eigenvalue weighted by Gasteiger charge is -2.31. The molecule has 1 aliphatic carbocycles. The lowest BCUT2D eigenvalue weighted by Crippen LogP contribution is -2.46. The van der Waals surface area contributed by atoms with Gasteiger partial charge in [0, 0.05) is 31.1 Å². The predicted octanol–water partition coefficient (Wildman–Crippen LogP) is 2.92. The van der Waals surface area contributed by atoms with Crippen molar-refractivity contribution in [3.63, 3.8) is 0 Å². The molecule has 2 atom stereocenters. The van der Waals surface area contributed by atoms with E-state index in [1.54, 1.807) is 11.3 Å². The number of nitrogens with zero attached hydrogens (tertiary/aromatic N) is 3. The van der Waals surface area contributed by atoms with Crippen LogP contribution in [0.3, 0.4) is 0 Å². The summed E-state index contributed by atoms with van der Waals surface area (Å²) in [4.78, 5) is 22.1. The molecule has 25 heavy (non-hydrogen) atoms. The molecule has 3 heterocycles. The predicted molar refractivity (Wildman–Crippen MR) is 96.9 cm³/mol. The number of hydrogen-bond donors (Lipinski definition) is 0. The number of ether oxygens (including phenoxy) is 1. The van der Waals surface area contributed by atoms with Crippen molar-refractivity contribution in [2.24, 2.45) is 5.92 Å². The van der Waals surface area contributed by atoms with Gasteiger partial charge in [-0.05, 0) is 30.9 Å². The zero-order valence-electron chi connectivity index (χ0n) is 14.0. The van der Waals surface area contributed by atoms with Gasteiger partial charge >= 0.3 is 0 Å². The van der Waals surface area contributed by atoms with Crippen LogP contribution in [0, 0.1) is 5.92 Å². The topological polar surface area (TPSA) is 45.7 Å². The van der Waals surface area contributed by atoms with Crippen LogP contribution in [0.1, 0.15) is 24.3 Å². The van der Waals surface area contributed by atoms with E-state index in [9.17, 15) is 4.79 Å². The van der Waals surface area contributed by atoms with Crippen LogP contribution in [0.15, 0.2) is 35.8 Å². The number of carbonyl (C=O) groups excluding carboxylic acids is 1. The Kier molecular flexibility index (Phi) is 3.75. The minimum atomic E-state index is -0.110. The first-order valence-electron chi connectivity index (χ1n) is 8.97. The summed E-state index contributed by atoms with van der Waals surface area (Å²) < 4.78 is 6.31. The van der Waals surface area contributed by atoms with Gasteiger partial charge in [-0.2, -0.15) is 0 Å². The first-order chi connectivity index (χ1) is 12.3. The number of thiazole rings is 1. The number of amides is 1. The third-order valence-electron chi connectivity index (χ3n) is 5.33. The molecule has 0 radical (unpaired) electrons. The Morgan fingerprint density at radius 3 is 2.96 bits per heavy atom. The highest BCUT2D eigenvalue weighted by Crippen LogP contribution is 2.39. The second kappa shape index (κ2) is 6.11. The molecule has 1 aromatic carbocycles. The summed E-state index contributed by atoms with van der Waals surface area (Å²) >= 11 is 1.65. The van der Waals surface area contributed by atoms with E-state index in [4.69, 9.17) is 4.74 Å². The van der Waals surface area contributed by atoms with Gasteiger partial charge in [0.2, 0.25) is 5.91 Å². The second-order valence-corrected chi connectivity index (χ2v) is 8.19. The number of hydrogen-bond acceptors (Lipinski definition) is 5. The fraction of sp³-hybridized carbons (Fsp3) is 0.474. The first kappa shape index (κ1) is 15.3. The molecule has 6 heteroatoms. The van der Waals surface area contributed by atoms with Gasteiger partial charge in [0.15, 0.2) is 0 Å². The molecule has 5 nitrogen and oxygen atoms in total. The molecule has 1 aromatic heterocycles. The fourth-order valence-corrected chi connectivity index (χ4v) is 4.53. The molecule has 0 N–H and O–H groups in total. The number of likely N-dealkylation sites (tertiary alicyclic amines) is 1. The number of rotatable bonds is 4. The molecule has 3 aliphatic rings. The quantitative estimate of drug-likeness (QED) is 0.846. The van der Waals surface area contributed by atoms with Crippen molar-refractivity contribution in [3.05, 3.63) is 40.8 Å². The first-order valence-corrected chi connectivity index (χ1v) is 9.85. The summed E-state index contributed by atoms with van der Waals surface area (Å²) in [7, 11) is 0. The number of anilines is 1. The normalized spacial score (nSPS) is 26.1. The molecule has 2 bridgehead atoms. The highest BCUT2D eigenvalue weighted by atomic mass is 32.1. The van der Waals surface area contributed by atoms with Crippen molar-refractivity contribution >= 4 is 22.9 Å². The minimum Gasteiger partial charge on any atom is -0.487 e. The molecule has 2 aromatic rings. The number of fused-ring (bicyclic) bond motifs is 3. The highest BCUT2D eigenvalue weighted by molar-refractivity contribution is 7.09. The Hall–Kier alpha value is -1.92. The van der Waals surface area contributed by atoms with Crippen molar-refractivity contribution in [2.45, 2.75) is 38.0 Å². The lowest BCUT2D eigenvalue weighted by molar-refractivity contribution is -0.123. The van der Waals surface area contributed by atoms with Gasteiger partial charge in [0.1, 0.15) is 16.9 Å². The fourth-order valence-electron chi connectivity index (χ4n) is 3.89. The molecule has 0 unspecified atom stereocenters. The second-order valence-electron chi connectivity index (χ2n) is 7.21. The molecule has 2 aliphatic heterocycles. The molecule has 1 saturated heterocycles. The highest BCUT2D eigenvalue weighted by Gasteiger charge is 2.44. The van der Waals surface area contributed by atoms with Crippen LogP contribution >= 0.6 is 11.3 Å². The number of aromatic nitrogens is 1. The lowest BCUT2D eigenvalue weighted by atomic mass is 10.1. The van der Waals surface area contributed by atoms with Crippen LogP contribution in [-0.2, 0) is 11.3 Å². The summed E-state index contributed by atoms with van der Waals surface area (Å²) in [6.45, 7) is 2.31. The van der Waals surface area contributed by atoms with E-state index in [2.05, 4.69) is 9.88 Å². The summed E-state index contributed by atoms with van der Waals surface area (Å²) in [5.41, 5.74) is 0.935. The molecular formula is C19H21N3O2S. The molecular weight excluding hydrogens is 334 g/mol. The Labute approximate surface area is 151 Å². The van der Waals surface area contributed by atoms with E-state index < -0.39 is 0 Å². The standard InChI is InChI=1S/C19H21N3O2S/c23-19-16-9-14(11-21(16)12-18-20-7-8-25-18)24-17-4-2-1-3-15(17)22(19)10-13-5-6-13/h1-4,7-8,13-14,16H,5-6,9-12H2/t14-,16-/m0/s1. The minimum absolute atomic E-state index is 0.0677. The van der Waals surface area contributed by atoms with Crippen molar-refractivity contribution < 1.29 is 9.53 Å². The van der Waals surface area contributed by atoms with Gasteiger partial charge in [-0.25, -0.2) is 4.98 Å². The smallest absolute Gasteiger partial charge is 0.244 e. The van der Waals surface area contributed by atoms with Crippen LogP contribution in [0.4, 0.5) is 5.69 Å². The van der Waals surface area contributed by atoms with Crippen molar-refractivity contribution in [2.75, 3.05) is 18.0 Å². The van der Waals surface area contributed by atoms with Gasteiger partial charge in [-0.15, -0.1) is 11.3 Å². The molecule has 2 fully saturated rings. The van der Waals surface area contributed by atoms with E-state index in [0.717, 1.165) is 42.5 Å². The number of benzene rings is 1. The van der Waals surface area contributed by atoms with Gasteiger partial charge in [0.25, 0.3) is 0 Å². The van der Waals surface area contributed by atoms with Crippen molar-refractivity contribution in [3.8, 4) is 5.75 Å². The van der Waals surface area contributed by atoms with Crippen LogP contribution < -0.4 is 9.64 Å². The van der Waals surface area contributed by atoms with E-state index >= 15 is 0 Å². The average Bonchev–Trinajstić information content (AvgIpc) is 3.11.